The quantitative estimate of drug-likeness (QED) is 0.628. The van der Waals surface area contributed by atoms with Crippen molar-refractivity contribution < 1.29 is 9.59 Å². The van der Waals surface area contributed by atoms with Crippen molar-refractivity contribution in [2.45, 2.75) is 40.5 Å². The van der Waals surface area contributed by atoms with Crippen LogP contribution in [0, 0.1) is 5.41 Å². The molecule has 0 amide bonds. The zero-order valence-electron chi connectivity index (χ0n) is 10.0. The van der Waals surface area contributed by atoms with Crippen molar-refractivity contribution >= 4 is 11.6 Å². The van der Waals surface area contributed by atoms with E-state index in [4.69, 9.17) is 0 Å². The van der Waals surface area contributed by atoms with Gasteiger partial charge in [-0.2, -0.15) is 0 Å². The van der Waals surface area contributed by atoms with Crippen LogP contribution in [0.25, 0.3) is 0 Å². The summed E-state index contributed by atoms with van der Waals surface area (Å²) in [5.74, 6) is 0.148. The van der Waals surface area contributed by atoms with Gasteiger partial charge in [0.15, 0.2) is 11.6 Å². The summed E-state index contributed by atoms with van der Waals surface area (Å²) in [5.41, 5.74) is 0.00675. The van der Waals surface area contributed by atoms with Crippen LogP contribution in [-0.2, 0) is 9.59 Å². The Morgan fingerprint density at radius 1 is 1.07 bits per heavy atom. The van der Waals surface area contributed by atoms with Gasteiger partial charge in [-0.15, -0.1) is 0 Å². The highest BCUT2D eigenvalue weighted by Gasteiger charge is 2.12. The van der Waals surface area contributed by atoms with Gasteiger partial charge in [0, 0.05) is 0 Å². The summed E-state index contributed by atoms with van der Waals surface area (Å²) in [7, 11) is 0. The number of hydrogen-bond acceptors (Lipinski definition) is 2. The number of allylic oxidation sites excluding steroid dienone is 4. The summed E-state index contributed by atoms with van der Waals surface area (Å²) in [6.07, 6.45) is 8.79. The Balaban J connectivity index is 4.04. The van der Waals surface area contributed by atoms with E-state index in [1.54, 1.807) is 19.1 Å². The van der Waals surface area contributed by atoms with Crippen molar-refractivity contribution in [2.24, 2.45) is 5.41 Å². The molecule has 0 fully saturated rings. The van der Waals surface area contributed by atoms with E-state index in [1.807, 2.05) is 12.2 Å². The van der Waals surface area contributed by atoms with Crippen molar-refractivity contribution in [1.29, 1.82) is 0 Å². The maximum Gasteiger partial charge on any atom is 0.152 e. The zero-order valence-corrected chi connectivity index (χ0v) is 10.0. The lowest BCUT2D eigenvalue weighted by Crippen LogP contribution is -2.07. The van der Waals surface area contributed by atoms with Gasteiger partial charge in [-0.3, -0.25) is 9.59 Å². The van der Waals surface area contributed by atoms with Gasteiger partial charge in [0.1, 0.15) is 0 Å². The van der Waals surface area contributed by atoms with Crippen molar-refractivity contribution in [1.82, 2.24) is 0 Å². The molecule has 0 aromatic rings. The third-order valence-corrected chi connectivity index (χ3v) is 2.08. The Labute approximate surface area is 92.1 Å². The average Bonchev–Trinajstić information content (AvgIpc) is 2.09. The maximum atomic E-state index is 10.8. The van der Waals surface area contributed by atoms with Gasteiger partial charge >= 0.3 is 0 Å². The van der Waals surface area contributed by atoms with E-state index < -0.39 is 0 Å². The van der Waals surface area contributed by atoms with Crippen LogP contribution < -0.4 is 0 Å². The van der Waals surface area contributed by atoms with E-state index in [1.165, 1.54) is 6.92 Å². The number of carbonyl (C=O) groups excluding carboxylic acids is 2. The van der Waals surface area contributed by atoms with Crippen LogP contribution in [0.3, 0.4) is 0 Å². The lowest BCUT2D eigenvalue weighted by atomic mass is 9.87. The third-order valence-electron chi connectivity index (χ3n) is 2.08. The molecule has 0 N–H and O–H groups in total. The first-order valence-corrected chi connectivity index (χ1v) is 5.20. The molecule has 0 aromatic carbocycles. The van der Waals surface area contributed by atoms with Gasteiger partial charge in [0.2, 0.25) is 0 Å². The maximum absolute atomic E-state index is 10.8. The smallest absolute Gasteiger partial charge is 0.152 e. The molecule has 0 heterocycles. The third kappa shape index (κ3) is 9.13. The predicted octanol–water partition coefficient (Wildman–Crippen LogP) is 3.08. The summed E-state index contributed by atoms with van der Waals surface area (Å²) in [5, 5.41) is 0. The Morgan fingerprint density at radius 3 is 2.07 bits per heavy atom. The molecule has 0 aliphatic rings. The van der Waals surface area contributed by atoms with E-state index >= 15 is 0 Å². The first kappa shape index (κ1) is 13.8. The minimum Gasteiger partial charge on any atom is -0.295 e. The molecule has 0 radical (unpaired) electrons. The van der Waals surface area contributed by atoms with Crippen LogP contribution in [0.5, 0.6) is 0 Å². The number of carbonyl (C=O) groups is 2. The molecule has 0 saturated carbocycles. The van der Waals surface area contributed by atoms with Gasteiger partial charge in [0.05, 0.1) is 0 Å². The lowest BCUT2D eigenvalue weighted by molar-refractivity contribution is -0.113. The Hall–Kier alpha value is -1.18. The average molecular weight is 208 g/mol. The fourth-order valence-electron chi connectivity index (χ4n) is 1.13. The molecule has 0 aliphatic heterocycles. The topological polar surface area (TPSA) is 34.1 Å². The summed E-state index contributed by atoms with van der Waals surface area (Å²) in [6, 6.07) is 0. The molecule has 0 atom stereocenters. The molecule has 0 aliphatic carbocycles. The molecule has 2 nitrogen and oxygen atoms in total. The molecule has 0 saturated heterocycles. The highest BCUT2D eigenvalue weighted by Crippen LogP contribution is 2.24. The highest BCUT2D eigenvalue weighted by molar-refractivity contribution is 5.87. The van der Waals surface area contributed by atoms with Gasteiger partial charge in [-0.05, 0) is 44.3 Å². The van der Waals surface area contributed by atoms with Gasteiger partial charge in [0.25, 0.3) is 0 Å². The van der Waals surface area contributed by atoms with Gasteiger partial charge < -0.3 is 0 Å². The summed E-state index contributed by atoms with van der Waals surface area (Å²) in [4.78, 5) is 21.4. The van der Waals surface area contributed by atoms with Crippen LogP contribution in [-0.4, -0.2) is 11.6 Å². The van der Waals surface area contributed by atoms with Crippen LogP contribution in [0.15, 0.2) is 24.3 Å². The second-order valence-corrected chi connectivity index (χ2v) is 4.48. The molecule has 84 valence electrons. The molecular formula is C13H20O2. The second-order valence-electron chi connectivity index (χ2n) is 4.48. The normalized spacial score (nSPS) is 12.5. The van der Waals surface area contributed by atoms with E-state index in [0.717, 1.165) is 12.8 Å². The number of ketones is 2. The molecular weight excluding hydrogens is 188 g/mol. The van der Waals surface area contributed by atoms with Crippen molar-refractivity contribution in [3.8, 4) is 0 Å². The minimum absolute atomic E-state index is 0.00675. The summed E-state index contributed by atoms with van der Waals surface area (Å²) < 4.78 is 0. The Bertz CT molecular complexity index is 283. The fraction of sp³-hybridized carbons (Fsp3) is 0.538. The molecule has 15 heavy (non-hydrogen) atoms. The first-order valence-electron chi connectivity index (χ1n) is 5.20. The largest absolute Gasteiger partial charge is 0.295 e. The van der Waals surface area contributed by atoms with E-state index in [2.05, 4.69) is 13.8 Å². The van der Waals surface area contributed by atoms with Crippen LogP contribution in [0.4, 0.5) is 0 Å². The van der Waals surface area contributed by atoms with E-state index in [0.29, 0.717) is 0 Å². The van der Waals surface area contributed by atoms with Crippen molar-refractivity contribution in [3.05, 3.63) is 24.3 Å². The summed E-state index contributed by atoms with van der Waals surface area (Å²) >= 11 is 0. The molecule has 0 aromatic heterocycles. The van der Waals surface area contributed by atoms with Gasteiger partial charge in [-0.1, -0.05) is 26.0 Å². The fourth-order valence-corrected chi connectivity index (χ4v) is 1.13. The standard InChI is InChI=1S/C13H20O2/c1-11(14)7-5-6-9-13(3,4)10-8-12(2)15/h5,7-8,10H,6,9H2,1-4H3/b7-5+,10-8+. The van der Waals surface area contributed by atoms with Crippen LogP contribution >= 0.6 is 0 Å². The molecule has 0 bridgehead atoms. The highest BCUT2D eigenvalue weighted by atomic mass is 16.1. The van der Waals surface area contributed by atoms with Crippen LogP contribution in [0.2, 0.25) is 0 Å². The number of rotatable bonds is 6. The molecule has 0 spiro atoms. The minimum atomic E-state index is 0.00675. The monoisotopic (exact) mass is 208 g/mol. The SMILES string of the molecule is CC(=O)/C=C/CCC(C)(C)/C=C/C(C)=O. The summed E-state index contributed by atoms with van der Waals surface area (Å²) in [6.45, 7) is 7.24. The van der Waals surface area contributed by atoms with E-state index in [-0.39, 0.29) is 17.0 Å². The van der Waals surface area contributed by atoms with Gasteiger partial charge in [-0.25, -0.2) is 0 Å². The van der Waals surface area contributed by atoms with E-state index in [9.17, 15) is 9.59 Å². The van der Waals surface area contributed by atoms with Crippen molar-refractivity contribution in [2.75, 3.05) is 0 Å². The van der Waals surface area contributed by atoms with Crippen LogP contribution in [0.1, 0.15) is 40.5 Å². The molecule has 0 unspecified atom stereocenters. The Kier molecular flexibility index (Phi) is 5.83. The Morgan fingerprint density at radius 2 is 1.60 bits per heavy atom. The molecule has 0 rings (SSSR count). The molecule has 2 heteroatoms. The van der Waals surface area contributed by atoms with Crippen molar-refractivity contribution in [3.63, 3.8) is 0 Å². The number of hydrogen-bond donors (Lipinski definition) is 0. The zero-order chi connectivity index (χ0) is 11.9. The first-order chi connectivity index (χ1) is 6.83. The lowest BCUT2D eigenvalue weighted by Gasteiger charge is -2.18. The predicted molar refractivity (Wildman–Crippen MR) is 62.7 cm³/mol. The second kappa shape index (κ2) is 6.33.